The van der Waals surface area contributed by atoms with Gasteiger partial charge >= 0.3 is 5.97 Å². The number of benzene rings is 1. The highest BCUT2D eigenvalue weighted by atomic mass is 16.4. The van der Waals surface area contributed by atoms with E-state index in [-0.39, 0.29) is 0 Å². The first-order valence-corrected chi connectivity index (χ1v) is 4.59. The van der Waals surface area contributed by atoms with Crippen molar-refractivity contribution in [2.24, 2.45) is 5.73 Å². The minimum Gasteiger partial charge on any atom is -0.478 e. The molecule has 76 valence electrons. The number of aromatic carboxylic acids is 1. The van der Waals surface area contributed by atoms with Crippen molar-refractivity contribution >= 4 is 5.97 Å². The Labute approximate surface area is 83.6 Å². The summed E-state index contributed by atoms with van der Waals surface area (Å²) in [5, 5.41) is 8.86. The van der Waals surface area contributed by atoms with Crippen LogP contribution in [0, 0.1) is 13.8 Å². The van der Waals surface area contributed by atoms with E-state index < -0.39 is 5.97 Å². The summed E-state index contributed by atoms with van der Waals surface area (Å²) in [6, 6.07) is 3.40. The van der Waals surface area contributed by atoms with Crippen LogP contribution < -0.4 is 5.73 Å². The number of rotatable bonds is 3. The molecule has 0 unspecified atom stereocenters. The fourth-order valence-electron chi connectivity index (χ4n) is 1.47. The third-order valence-corrected chi connectivity index (χ3v) is 2.44. The largest absolute Gasteiger partial charge is 0.478 e. The number of carboxylic acids is 1. The van der Waals surface area contributed by atoms with Gasteiger partial charge in [-0.15, -0.1) is 0 Å². The van der Waals surface area contributed by atoms with Crippen molar-refractivity contribution in [1.82, 2.24) is 0 Å². The van der Waals surface area contributed by atoms with Crippen molar-refractivity contribution < 1.29 is 9.90 Å². The van der Waals surface area contributed by atoms with E-state index >= 15 is 0 Å². The van der Waals surface area contributed by atoms with E-state index in [1.165, 1.54) is 0 Å². The summed E-state index contributed by atoms with van der Waals surface area (Å²) < 4.78 is 0. The van der Waals surface area contributed by atoms with Gasteiger partial charge in [-0.3, -0.25) is 0 Å². The molecule has 0 aliphatic carbocycles. The Morgan fingerprint density at radius 3 is 2.57 bits per heavy atom. The zero-order valence-electron chi connectivity index (χ0n) is 8.50. The van der Waals surface area contributed by atoms with E-state index in [4.69, 9.17) is 10.8 Å². The van der Waals surface area contributed by atoms with Crippen LogP contribution in [-0.4, -0.2) is 17.6 Å². The highest BCUT2D eigenvalue weighted by Gasteiger charge is 2.08. The number of hydrogen-bond acceptors (Lipinski definition) is 2. The maximum Gasteiger partial charge on any atom is 0.335 e. The second-order valence-electron chi connectivity index (χ2n) is 3.42. The quantitative estimate of drug-likeness (QED) is 0.764. The monoisotopic (exact) mass is 193 g/mol. The van der Waals surface area contributed by atoms with E-state index in [0.717, 1.165) is 23.1 Å². The molecule has 3 heteroatoms. The molecule has 0 spiro atoms. The maximum atomic E-state index is 10.8. The predicted molar refractivity (Wildman–Crippen MR) is 55.6 cm³/mol. The predicted octanol–water partition coefficient (Wildman–Crippen LogP) is 1.50. The lowest BCUT2D eigenvalue weighted by molar-refractivity contribution is 0.0696. The van der Waals surface area contributed by atoms with Crippen LogP contribution in [0.25, 0.3) is 0 Å². The topological polar surface area (TPSA) is 63.3 Å². The summed E-state index contributed by atoms with van der Waals surface area (Å²) in [6.45, 7) is 4.46. The molecule has 0 radical (unpaired) electrons. The maximum absolute atomic E-state index is 10.8. The van der Waals surface area contributed by atoms with E-state index in [2.05, 4.69) is 0 Å². The first-order chi connectivity index (χ1) is 6.56. The first-order valence-electron chi connectivity index (χ1n) is 4.59. The van der Waals surface area contributed by atoms with Crippen LogP contribution in [-0.2, 0) is 6.42 Å². The molecule has 0 bridgehead atoms. The SMILES string of the molecule is Cc1cc(C(=O)O)cc(CCN)c1C. The third-order valence-electron chi connectivity index (χ3n) is 2.44. The molecule has 0 saturated heterocycles. The Morgan fingerprint density at radius 2 is 2.07 bits per heavy atom. The zero-order chi connectivity index (χ0) is 10.7. The van der Waals surface area contributed by atoms with Gasteiger partial charge in [0.15, 0.2) is 0 Å². The van der Waals surface area contributed by atoms with Crippen LogP contribution in [0.1, 0.15) is 27.0 Å². The van der Waals surface area contributed by atoms with Gasteiger partial charge in [0.25, 0.3) is 0 Å². The molecule has 0 amide bonds. The first kappa shape index (κ1) is 10.7. The third kappa shape index (κ3) is 2.12. The summed E-state index contributed by atoms with van der Waals surface area (Å²) >= 11 is 0. The highest BCUT2D eigenvalue weighted by molar-refractivity contribution is 5.88. The number of aryl methyl sites for hydroxylation is 1. The number of carbonyl (C=O) groups is 1. The van der Waals surface area contributed by atoms with Gasteiger partial charge in [-0.25, -0.2) is 4.79 Å². The lowest BCUT2D eigenvalue weighted by Crippen LogP contribution is -2.07. The van der Waals surface area contributed by atoms with Crippen LogP contribution in [0.5, 0.6) is 0 Å². The van der Waals surface area contributed by atoms with Crippen molar-refractivity contribution in [3.8, 4) is 0 Å². The summed E-state index contributed by atoms with van der Waals surface area (Å²) in [6.07, 6.45) is 0.730. The van der Waals surface area contributed by atoms with Gasteiger partial charge < -0.3 is 10.8 Å². The van der Waals surface area contributed by atoms with Gasteiger partial charge in [-0.2, -0.15) is 0 Å². The van der Waals surface area contributed by atoms with E-state index in [1.807, 2.05) is 13.8 Å². The van der Waals surface area contributed by atoms with Crippen molar-refractivity contribution in [2.75, 3.05) is 6.54 Å². The van der Waals surface area contributed by atoms with Crippen LogP contribution in [0.4, 0.5) is 0 Å². The number of hydrogen-bond donors (Lipinski definition) is 2. The molecule has 14 heavy (non-hydrogen) atoms. The smallest absolute Gasteiger partial charge is 0.335 e. The molecule has 0 heterocycles. The molecular weight excluding hydrogens is 178 g/mol. The van der Waals surface area contributed by atoms with Crippen LogP contribution in [0.3, 0.4) is 0 Å². The van der Waals surface area contributed by atoms with Gasteiger partial charge in [0.1, 0.15) is 0 Å². The Morgan fingerprint density at radius 1 is 1.43 bits per heavy atom. The summed E-state index contributed by atoms with van der Waals surface area (Å²) in [5.41, 5.74) is 8.98. The van der Waals surface area contributed by atoms with Crippen LogP contribution in [0.2, 0.25) is 0 Å². The van der Waals surface area contributed by atoms with Crippen molar-refractivity contribution in [3.63, 3.8) is 0 Å². The Bertz CT molecular complexity index is 359. The van der Waals surface area contributed by atoms with E-state index in [1.54, 1.807) is 12.1 Å². The molecule has 0 aromatic heterocycles. The average molecular weight is 193 g/mol. The zero-order valence-corrected chi connectivity index (χ0v) is 8.50. The van der Waals surface area contributed by atoms with Gasteiger partial charge in [-0.05, 0) is 55.6 Å². The Hall–Kier alpha value is -1.35. The number of carboxylic acid groups (broad SMARTS) is 1. The molecule has 0 aliphatic heterocycles. The van der Waals surface area contributed by atoms with Gasteiger partial charge in [0, 0.05) is 0 Å². The second-order valence-corrected chi connectivity index (χ2v) is 3.42. The van der Waals surface area contributed by atoms with Gasteiger partial charge in [-0.1, -0.05) is 0 Å². The minimum atomic E-state index is -0.883. The van der Waals surface area contributed by atoms with Crippen molar-refractivity contribution in [1.29, 1.82) is 0 Å². The van der Waals surface area contributed by atoms with Gasteiger partial charge in [0.2, 0.25) is 0 Å². The van der Waals surface area contributed by atoms with E-state index in [0.29, 0.717) is 12.1 Å². The molecule has 0 aliphatic rings. The fourth-order valence-corrected chi connectivity index (χ4v) is 1.47. The standard InChI is InChI=1S/C11H15NO2/c1-7-5-10(11(13)14)6-9(3-4-12)8(7)2/h5-6H,3-4,12H2,1-2H3,(H,13,14). The molecule has 0 saturated carbocycles. The molecule has 0 fully saturated rings. The molecule has 3 N–H and O–H groups in total. The molecule has 1 aromatic rings. The van der Waals surface area contributed by atoms with Gasteiger partial charge in [0.05, 0.1) is 5.56 Å². The van der Waals surface area contributed by atoms with Crippen LogP contribution >= 0.6 is 0 Å². The Balaban J connectivity index is 3.20. The highest BCUT2D eigenvalue weighted by Crippen LogP contribution is 2.16. The second kappa shape index (κ2) is 4.24. The average Bonchev–Trinajstić information content (AvgIpc) is 2.12. The summed E-state index contributed by atoms with van der Waals surface area (Å²) in [5.74, 6) is -0.883. The molecule has 1 aromatic carbocycles. The molecular formula is C11H15NO2. The molecule has 3 nitrogen and oxygen atoms in total. The van der Waals surface area contributed by atoms with Crippen molar-refractivity contribution in [2.45, 2.75) is 20.3 Å². The lowest BCUT2D eigenvalue weighted by atomic mass is 9.97. The van der Waals surface area contributed by atoms with E-state index in [9.17, 15) is 4.79 Å². The summed E-state index contributed by atoms with van der Waals surface area (Å²) in [4.78, 5) is 10.8. The molecule has 1 rings (SSSR count). The summed E-state index contributed by atoms with van der Waals surface area (Å²) in [7, 11) is 0. The fraction of sp³-hybridized carbons (Fsp3) is 0.364. The number of nitrogens with two attached hydrogens (primary N) is 1. The van der Waals surface area contributed by atoms with Crippen molar-refractivity contribution in [3.05, 3.63) is 34.4 Å². The lowest BCUT2D eigenvalue weighted by Gasteiger charge is -2.09. The van der Waals surface area contributed by atoms with Crippen LogP contribution in [0.15, 0.2) is 12.1 Å². The normalized spacial score (nSPS) is 10.2. The minimum absolute atomic E-state index is 0.344. The molecule has 0 atom stereocenters. The Kier molecular flexibility index (Phi) is 3.25.